The van der Waals surface area contributed by atoms with Crippen LogP contribution in [0.1, 0.15) is 18.1 Å². The second-order valence-corrected chi connectivity index (χ2v) is 4.46. The maximum atomic E-state index is 11.6. The standard InChI is InChI=1S/C15H17N3O/c1-15(17-14(19)18-16,12-8-4-2-5-9-12)13-10-6-3-7-11-13/h2-11H,16H2,1H3,(H2,17,18,19). The van der Waals surface area contributed by atoms with Crippen molar-refractivity contribution in [3.05, 3.63) is 71.8 Å². The van der Waals surface area contributed by atoms with Crippen LogP contribution in [0.5, 0.6) is 0 Å². The average molecular weight is 255 g/mol. The normalized spacial score (nSPS) is 10.8. The number of nitrogens with one attached hydrogen (secondary N) is 2. The summed E-state index contributed by atoms with van der Waals surface area (Å²) in [7, 11) is 0. The molecule has 0 saturated carbocycles. The first-order valence-electron chi connectivity index (χ1n) is 6.06. The van der Waals surface area contributed by atoms with Gasteiger partial charge in [0.2, 0.25) is 0 Å². The minimum Gasteiger partial charge on any atom is -0.324 e. The largest absolute Gasteiger partial charge is 0.329 e. The SMILES string of the molecule is CC(NC(=O)NN)(c1ccccc1)c1ccccc1. The lowest BCUT2D eigenvalue weighted by Crippen LogP contribution is -2.50. The number of rotatable bonds is 3. The predicted octanol–water partition coefficient (Wildman–Crippen LogP) is 2.12. The fourth-order valence-corrected chi connectivity index (χ4v) is 2.12. The number of nitrogens with two attached hydrogens (primary N) is 1. The van der Waals surface area contributed by atoms with Crippen molar-refractivity contribution in [2.24, 2.45) is 5.84 Å². The highest BCUT2D eigenvalue weighted by Crippen LogP contribution is 2.28. The Morgan fingerprint density at radius 1 is 0.947 bits per heavy atom. The Morgan fingerprint density at radius 2 is 1.37 bits per heavy atom. The molecule has 4 nitrogen and oxygen atoms in total. The Kier molecular flexibility index (Phi) is 3.82. The van der Waals surface area contributed by atoms with Gasteiger partial charge in [-0.15, -0.1) is 0 Å². The van der Waals surface area contributed by atoms with Crippen LogP contribution in [0, 0.1) is 0 Å². The van der Waals surface area contributed by atoms with Gasteiger partial charge < -0.3 is 5.32 Å². The molecule has 0 aliphatic heterocycles. The monoisotopic (exact) mass is 255 g/mol. The van der Waals surface area contributed by atoms with E-state index in [2.05, 4.69) is 10.7 Å². The fourth-order valence-electron chi connectivity index (χ4n) is 2.12. The van der Waals surface area contributed by atoms with Gasteiger partial charge in [0.25, 0.3) is 0 Å². The Hall–Kier alpha value is -2.33. The molecule has 0 spiro atoms. The van der Waals surface area contributed by atoms with Gasteiger partial charge in [0, 0.05) is 0 Å². The molecule has 2 amide bonds. The predicted molar refractivity (Wildman–Crippen MR) is 75.2 cm³/mol. The van der Waals surface area contributed by atoms with Crippen LogP contribution in [0.3, 0.4) is 0 Å². The number of hydrazine groups is 1. The van der Waals surface area contributed by atoms with Gasteiger partial charge in [0.15, 0.2) is 0 Å². The summed E-state index contributed by atoms with van der Waals surface area (Å²) in [6.45, 7) is 1.95. The summed E-state index contributed by atoms with van der Waals surface area (Å²) in [5, 5.41) is 2.90. The number of benzene rings is 2. The first-order chi connectivity index (χ1) is 9.16. The summed E-state index contributed by atoms with van der Waals surface area (Å²) >= 11 is 0. The van der Waals surface area contributed by atoms with E-state index in [1.54, 1.807) is 0 Å². The highest BCUT2D eigenvalue weighted by Gasteiger charge is 2.30. The first kappa shape index (κ1) is 13.1. The van der Waals surface area contributed by atoms with E-state index in [-0.39, 0.29) is 0 Å². The molecule has 0 aliphatic carbocycles. The second kappa shape index (κ2) is 5.54. The van der Waals surface area contributed by atoms with Crippen LogP contribution in [0.25, 0.3) is 0 Å². The van der Waals surface area contributed by atoms with E-state index in [4.69, 9.17) is 5.84 Å². The molecule has 0 aliphatic rings. The Labute approximate surface area is 112 Å². The molecule has 2 rings (SSSR count). The number of hydrogen-bond donors (Lipinski definition) is 3. The van der Waals surface area contributed by atoms with Crippen molar-refractivity contribution < 1.29 is 4.79 Å². The molecule has 98 valence electrons. The highest BCUT2D eigenvalue weighted by atomic mass is 16.2. The van der Waals surface area contributed by atoms with E-state index in [0.717, 1.165) is 11.1 Å². The van der Waals surface area contributed by atoms with E-state index in [1.807, 2.05) is 67.6 Å². The molecule has 0 radical (unpaired) electrons. The lowest BCUT2D eigenvalue weighted by Gasteiger charge is -2.31. The fraction of sp³-hybridized carbons (Fsp3) is 0.133. The van der Waals surface area contributed by atoms with Gasteiger partial charge in [-0.2, -0.15) is 0 Å². The molecule has 19 heavy (non-hydrogen) atoms. The Bertz CT molecular complexity index is 500. The van der Waals surface area contributed by atoms with Gasteiger partial charge in [-0.1, -0.05) is 60.7 Å². The molecule has 0 heterocycles. The van der Waals surface area contributed by atoms with Crippen LogP contribution in [-0.2, 0) is 5.54 Å². The molecule has 4 N–H and O–H groups in total. The number of amides is 2. The summed E-state index contributed by atoms with van der Waals surface area (Å²) in [6, 6.07) is 19.1. The topological polar surface area (TPSA) is 67.2 Å². The van der Waals surface area contributed by atoms with Crippen molar-refractivity contribution >= 4 is 6.03 Å². The molecule has 0 atom stereocenters. The lowest BCUT2D eigenvalue weighted by molar-refractivity contribution is 0.232. The Morgan fingerprint density at radius 3 is 1.74 bits per heavy atom. The van der Waals surface area contributed by atoms with Crippen LogP contribution < -0.4 is 16.6 Å². The molecule has 0 aromatic heterocycles. The maximum Gasteiger partial charge on any atom is 0.329 e. The van der Waals surface area contributed by atoms with Crippen LogP contribution in [0.4, 0.5) is 4.79 Å². The molecule has 0 saturated heterocycles. The minimum atomic E-state index is -0.633. The molecule has 4 heteroatoms. The maximum absolute atomic E-state index is 11.6. The van der Waals surface area contributed by atoms with Gasteiger partial charge >= 0.3 is 6.03 Å². The van der Waals surface area contributed by atoms with Crippen molar-refractivity contribution in [2.45, 2.75) is 12.5 Å². The molecular formula is C15H17N3O. The average Bonchev–Trinajstić information content (AvgIpc) is 2.48. The van der Waals surface area contributed by atoms with Crippen LogP contribution in [0.15, 0.2) is 60.7 Å². The summed E-state index contributed by atoms with van der Waals surface area (Å²) in [6.07, 6.45) is 0. The summed E-state index contributed by atoms with van der Waals surface area (Å²) in [4.78, 5) is 11.6. The van der Waals surface area contributed by atoms with E-state index in [1.165, 1.54) is 0 Å². The number of carbonyl (C=O) groups excluding carboxylic acids is 1. The van der Waals surface area contributed by atoms with Crippen molar-refractivity contribution in [2.75, 3.05) is 0 Å². The van der Waals surface area contributed by atoms with Crippen molar-refractivity contribution in [1.82, 2.24) is 10.7 Å². The third-order valence-corrected chi connectivity index (χ3v) is 3.20. The molecule has 0 unspecified atom stereocenters. The number of urea groups is 1. The zero-order valence-electron chi connectivity index (χ0n) is 10.8. The quantitative estimate of drug-likeness (QED) is 0.447. The van der Waals surface area contributed by atoms with Crippen molar-refractivity contribution in [3.8, 4) is 0 Å². The van der Waals surface area contributed by atoms with Crippen molar-refractivity contribution in [3.63, 3.8) is 0 Å². The van der Waals surface area contributed by atoms with Gasteiger partial charge in [0.1, 0.15) is 0 Å². The van der Waals surface area contributed by atoms with Crippen LogP contribution in [0.2, 0.25) is 0 Å². The molecule has 2 aromatic carbocycles. The van der Waals surface area contributed by atoms with E-state index < -0.39 is 11.6 Å². The van der Waals surface area contributed by atoms with E-state index in [0.29, 0.717) is 0 Å². The smallest absolute Gasteiger partial charge is 0.324 e. The molecule has 0 fully saturated rings. The van der Waals surface area contributed by atoms with Crippen LogP contribution >= 0.6 is 0 Å². The number of carbonyl (C=O) groups is 1. The summed E-state index contributed by atoms with van der Waals surface area (Å²) in [5.41, 5.74) is 3.46. The first-order valence-corrected chi connectivity index (χ1v) is 6.06. The van der Waals surface area contributed by atoms with Gasteiger partial charge in [-0.05, 0) is 18.1 Å². The van der Waals surface area contributed by atoms with Gasteiger partial charge in [0.05, 0.1) is 5.54 Å². The third-order valence-electron chi connectivity index (χ3n) is 3.20. The van der Waals surface area contributed by atoms with E-state index >= 15 is 0 Å². The zero-order valence-corrected chi connectivity index (χ0v) is 10.8. The van der Waals surface area contributed by atoms with Crippen molar-refractivity contribution in [1.29, 1.82) is 0 Å². The minimum absolute atomic E-state index is 0.421. The molecule has 2 aromatic rings. The zero-order chi connectivity index (χ0) is 13.7. The van der Waals surface area contributed by atoms with Crippen LogP contribution in [-0.4, -0.2) is 6.03 Å². The highest BCUT2D eigenvalue weighted by molar-refractivity contribution is 5.75. The number of hydrogen-bond acceptors (Lipinski definition) is 2. The summed E-state index contributed by atoms with van der Waals surface area (Å²) < 4.78 is 0. The summed E-state index contributed by atoms with van der Waals surface area (Å²) in [5.74, 6) is 5.17. The van der Waals surface area contributed by atoms with Gasteiger partial charge in [-0.3, -0.25) is 5.43 Å². The van der Waals surface area contributed by atoms with Gasteiger partial charge in [-0.25, -0.2) is 10.6 Å². The molecule has 0 bridgehead atoms. The molecular weight excluding hydrogens is 238 g/mol. The van der Waals surface area contributed by atoms with E-state index in [9.17, 15) is 4.79 Å². The lowest BCUT2D eigenvalue weighted by atomic mass is 9.85. The second-order valence-electron chi connectivity index (χ2n) is 4.46. The third kappa shape index (κ3) is 2.74. The Balaban J connectivity index is 2.47.